The highest BCUT2D eigenvalue weighted by Crippen LogP contribution is 2.24. The summed E-state index contributed by atoms with van der Waals surface area (Å²) in [6.45, 7) is 2.02. The summed E-state index contributed by atoms with van der Waals surface area (Å²) in [6, 6.07) is 16.7. The Kier molecular flexibility index (Phi) is 5.76. The van der Waals surface area contributed by atoms with Gasteiger partial charge in [0, 0.05) is 0 Å². The molecule has 1 unspecified atom stereocenters. The molecular weight excluding hydrogens is 290 g/mol. The van der Waals surface area contributed by atoms with E-state index in [4.69, 9.17) is 10.00 Å². The zero-order valence-electron chi connectivity index (χ0n) is 13.0. The lowest BCUT2D eigenvalue weighted by Crippen LogP contribution is -2.26. The highest BCUT2D eigenvalue weighted by atomic mass is 16.5. The van der Waals surface area contributed by atoms with Crippen molar-refractivity contribution in [1.82, 2.24) is 0 Å². The number of nitriles is 1. The van der Waals surface area contributed by atoms with Crippen molar-refractivity contribution in [1.29, 1.82) is 5.26 Å². The SMILES string of the molecule is CCCCC(Oc1ccc(-c2ccc(C#N)cc2)cc1)C(=O)O. The molecule has 1 atom stereocenters. The van der Waals surface area contributed by atoms with Crippen molar-refractivity contribution in [2.45, 2.75) is 32.3 Å². The Bertz CT molecular complexity index is 684. The highest BCUT2D eigenvalue weighted by molar-refractivity contribution is 5.73. The smallest absolute Gasteiger partial charge is 0.344 e. The molecule has 2 aromatic carbocycles. The van der Waals surface area contributed by atoms with Gasteiger partial charge in [0.1, 0.15) is 5.75 Å². The zero-order chi connectivity index (χ0) is 16.7. The molecule has 0 saturated heterocycles. The second-order valence-electron chi connectivity index (χ2n) is 5.30. The van der Waals surface area contributed by atoms with E-state index in [1.165, 1.54) is 0 Å². The zero-order valence-corrected chi connectivity index (χ0v) is 13.0. The lowest BCUT2D eigenvalue weighted by atomic mass is 10.0. The number of carboxylic acid groups (broad SMARTS) is 1. The summed E-state index contributed by atoms with van der Waals surface area (Å²) in [6.07, 6.45) is 1.45. The van der Waals surface area contributed by atoms with Crippen LogP contribution in [-0.4, -0.2) is 17.2 Å². The molecule has 0 fully saturated rings. The fourth-order valence-corrected chi connectivity index (χ4v) is 2.25. The van der Waals surface area contributed by atoms with Gasteiger partial charge in [-0.1, -0.05) is 37.6 Å². The quantitative estimate of drug-likeness (QED) is 0.830. The van der Waals surface area contributed by atoms with Crippen LogP contribution in [-0.2, 0) is 4.79 Å². The van der Waals surface area contributed by atoms with E-state index in [0.29, 0.717) is 17.7 Å². The number of unbranched alkanes of at least 4 members (excludes halogenated alkanes) is 1. The van der Waals surface area contributed by atoms with Crippen LogP contribution in [0.25, 0.3) is 11.1 Å². The van der Waals surface area contributed by atoms with E-state index in [1.54, 1.807) is 24.3 Å². The van der Waals surface area contributed by atoms with Crippen molar-refractivity contribution in [2.75, 3.05) is 0 Å². The molecular formula is C19H19NO3. The van der Waals surface area contributed by atoms with Gasteiger partial charge in [-0.25, -0.2) is 4.79 Å². The highest BCUT2D eigenvalue weighted by Gasteiger charge is 2.18. The number of carbonyl (C=O) groups is 1. The van der Waals surface area contributed by atoms with Gasteiger partial charge in [-0.3, -0.25) is 0 Å². The molecule has 4 heteroatoms. The molecule has 0 saturated carbocycles. The standard InChI is InChI=1S/C19H19NO3/c1-2-3-4-18(19(21)22)23-17-11-9-16(10-12-17)15-7-5-14(13-20)6-8-15/h5-12,18H,2-4H2,1H3,(H,21,22). The average molecular weight is 309 g/mol. The number of rotatable bonds is 7. The third kappa shape index (κ3) is 4.58. The minimum Gasteiger partial charge on any atom is -0.479 e. The van der Waals surface area contributed by atoms with Gasteiger partial charge in [-0.15, -0.1) is 0 Å². The summed E-state index contributed by atoms with van der Waals surface area (Å²) in [5.74, 6) is -0.388. The molecule has 0 spiro atoms. The Labute approximate surface area is 136 Å². The van der Waals surface area contributed by atoms with Gasteiger partial charge in [0.25, 0.3) is 0 Å². The number of hydrogen-bond acceptors (Lipinski definition) is 3. The summed E-state index contributed by atoms with van der Waals surface area (Å²) < 4.78 is 5.56. The molecule has 0 amide bonds. The Morgan fingerprint density at radius 2 is 1.70 bits per heavy atom. The van der Waals surface area contributed by atoms with Crippen LogP contribution < -0.4 is 4.74 Å². The minimum atomic E-state index is -0.936. The Hall–Kier alpha value is -2.80. The molecule has 23 heavy (non-hydrogen) atoms. The molecule has 0 radical (unpaired) electrons. The van der Waals surface area contributed by atoms with E-state index in [1.807, 2.05) is 31.2 Å². The van der Waals surface area contributed by atoms with Gasteiger partial charge in [0.05, 0.1) is 11.6 Å². The Morgan fingerprint density at radius 3 is 2.17 bits per heavy atom. The van der Waals surface area contributed by atoms with Crippen LogP contribution in [0, 0.1) is 11.3 Å². The molecule has 1 N–H and O–H groups in total. The fourth-order valence-electron chi connectivity index (χ4n) is 2.25. The predicted octanol–water partition coefficient (Wildman–Crippen LogP) is 4.25. The van der Waals surface area contributed by atoms with Crippen LogP contribution in [0.4, 0.5) is 0 Å². The largest absolute Gasteiger partial charge is 0.479 e. The van der Waals surface area contributed by atoms with Crippen LogP contribution in [0.3, 0.4) is 0 Å². The van der Waals surface area contributed by atoms with Crippen molar-refractivity contribution >= 4 is 5.97 Å². The average Bonchev–Trinajstić information content (AvgIpc) is 2.59. The van der Waals surface area contributed by atoms with Crippen LogP contribution in [0.5, 0.6) is 5.75 Å². The number of nitrogens with zero attached hydrogens (tertiary/aromatic N) is 1. The maximum absolute atomic E-state index is 11.2. The van der Waals surface area contributed by atoms with Gasteiger partial charge in [0.15, 0.2) is 6.10 Å². The molecule has 2 aromatic rings. The first-order valence-electron chi connectivity index (χ1n) is 7.64. The number of aliphatic carboxylic acids is 1. The Balaban J connectivity index is 2.08. The molecule has 0 heterocycles. The molecule has 4 nitrogen and oxygen atoms in total. The first-order valence-corrected chi connectivity index (χ1v) is 7.64. The van der Waals surface area contributed by atoms with E-state index in [0.717, 1.165) is 24.0 Å². The molecule has 0 aliphatic rings. The van der Waals surface area contributed by atoms with Gasteiger partial charge in [-0.05, 0) is 48.2 Å². The summed E-state index contributed by atoms with van der Waals surface area (Å²) >= 11 is 0. The second kappa shape index (κ2) is 8.00. The van der Waals surface area contributed by atoms with Crippen molar-refractivity contribution in [3.63, 3.8) is 0 Å². The number of hydrogen-bond donors (Lipinski definition) is 1. The van der Waals surface area contributed by atoms with Gasteiger partial charge >= 0.3 is 5.97 Å². The van der Waals surface area contributed by atoms with Crippen LogP contribution in [0.1, 0.15) is 31.7 Å². The maximum atomic E-state index is 11.2. The predicted molar refractivity (Wildman–Crippen MR) is 88.2 cm³/mol. The van der Waals surface area contributed by atoms with Crippen molar-refractivity contribution < 1.29 is 14.6 Å². The normalized spacial score (nSPS) is 11.5. The van der Waals surface area contributed by atoms with E-state index >= 15 is 0 Å². The van der Waals surface area contributed by atoms with Crippen molar-refractivity contribution in [3.8, 4) is 22.9 Å². The van der Waals surface area contributed by atoms with Gasteiger partial charge < -0.3 is 9.84 Å². The first-order chi connectivity index (χ1) is 11.1. The fraction of sp³-hybridized carbons (Fsp3) is 0.263. The Morgan fingerprint density at radius 1 is 1.13 bits per heavy atom. The van der Waals surface area contributed by atoms with E-state index in [-0.39, 0.29) is 0 Å². The summed E-state index contributed by atoms with van der Waals surface area (Å²) in [5, 5.41) is 18.0. The number of benzene rings is 2. The first kappa shape index (κ1) is 16.6. The van der Waals surface area contributed by atoms with Gasteiger partial charge in [0.2, 0.25) is 0 Å². The topological polar surface area (TPSA) is 70.3 Å². The monoisotopic (exact) mass is 309 g/mol. The molecule has 0 aromatic heterocycles. The van der Waals surface area contributed by atoms with Gasteiger partial charge in [-0.2, -0.15) is 5.26 Å². The summed E-state index contributed by atoms with van der Waals surface area (Å²) in [4.78, 5) is 11.2. The third-order valence-corrected chi connectivity index (χ3v) is 3.58. The lowest BCUT2D eigenvalue weighted by Gasteiger charge is -2.15. The summed E-state index contributed by atoms with van der Waals surface area (Å²) in [7, 11) is 0. The van der Waals surface area contributed by atoms with Crippen molar-refractivity contribution in [3.05, 3.63) is 54.1 Å². The molecule has 0 aliphatic carbocycles. The lowest BCUT2D eigenvalue weighted by molar-refractivity contribution is -0.145. The van der Waals surface area contributed by atoms with Crippen LogP contribution >= 0.6 is 0 Å². The van der Waals surface area contributed by atoms with Crippen LogP contribution in [0.15, 0.2) is 48.5 Å². The third-order valence-electron chi connectivity index (χ3n) is 3.58. The molecule has 2 rings (SSSR count). The molecule has 0 bridgehead atoms. The van der Waals surface area contributed by atoms with Crippen molar-refractivity contribution in [2.24, 2.45) is 0 Å². The van der Waals surface area contributed by atoms with E-state index < -0.39 is 12.1 Å². The molecule has 0 aliphatic heterocycles. The molecule has 118 valence electrons. The van der Waals surface area contributed by atoms with E-state index in [2.05, 4.69) is 6.07 Å². The summed E-state index contributed by atoms with van der Waals surface area (Å²) in [5.41, 5.74) is 2.60. The minimum absolute atomic E-state index is 0.503. The maximum Gasteiger partial charge on any atom is 0.344 e. The van der Waals surface area contributed by atoms with E-state index in [9.17, 15) is 9.90 Å². The second-order valence-corrected chi connectivity index (χ2v) is 5.30. The number of carboxylic acids is 1. The number of ether oxygens (including phenoxy) is 1. The van der Waals surface area contributed by atoms with Crippen LogP contribution in [0.2, 0.25) is 0 Å².